The highest BCUT2D eigenvalue weighted by molar-refractivity contribution is 8.44. The van der Waals surface area contributed by atoms with E-state index in [-0.39, 0.29) is 34.0 Å². The van der Waals surface area contributed by atoms with E-state index in [0.717, 1.165) is 0 Å². The Morgan fingerprint density at radius 3 is 2.12 bits per heavy atom. The van der Waals surface area contributed by atoms with Gasteiger partial charge in [0.15, 0.2) is 35.4 Å². The molecule has 0 saturated carbocycles. The number of aromatic nitrogens is 8. The molecule has 2 bridgehead atoms. The number of imidazole rings is 2. The molecule has 3 aliphatic heterocycles. The van der Waals surface area contributed by atoms with Gasteiger partial charge in [-0.3, -0.25) is 27.3 Å². The van der Waals surface area contributed by atoms with E-state index in [1.807, 2.05) is 0 Å². The zero-order valence-corrected chi connectivity index (χ0v) is 24.4. The molecule has 3 saturated heterocycles. The van der Waals surface area contributed by atoms with Crippen LogP contribution in [0.4, 0.5) is 11.6 Å². The van der Waals surface area contributed by atoms with Crippen LogP contribution in [-0.4, -0.2) is 99.1 Å². The Morgan fingerprint density at radius 1 is 0.860 bits per heavy atom. The molecule has 4 aromatic heterocycles. The molecule has 0 amide bonds. The molecular formula is C20H24N10O10P2S. The van der Waals surface area contributed by atoms with E-state index < -0.39 is 77.3 Å². The second-order valence-corrected chi connectivity index (χ2v) is 13.7. The molecule has 43 heavy (non-hydrogen) atoms. The van der Waals surface area contributed by atoms with E-state index in [2.05, 4.69) is 42.2 Å². The number of aliphatic hydroxyl groups excluding tert-OH is 2. The third kappa shape index (κ3) is 5.09. The highest BCUT2D eigenvalue weighted by Crippen LogP contribution is 2.57. The number of anilines is 2. The van der Waals surface area contributed by atoms with E-state index in [1.165, 1.54) is 34.4 Å². The van der Waals surface area contributed by atoms with Crippen molar-refractivity contribution in [3.8, 4) is 0 Å². The molecule has 4 aromatic rings. The first-order chi connectivity index (χ1) is 20.6. The minimum absolute atomic E-state index is 0.109. The van der Waals surface area contributed by atoms with Crippen molar-refractivity contribution in [3.05, 3.63) is 25.3 Å². The van der Waals surface area contributed by atoms with Crippen LogP contribution in [0.2, 0.25) is 0 Å². The summed E-state index contributed by atoms with van der Waals surface area (Å²) in [5, 5.41) is 22.3. The van der Waals surface area contributed by atoms with Crippen molar-refractivity contribution in [2.45, 2.75) is 49.1 Å². The maximum atomic E-state index is 13.3. The zero-order chi connectivity index (χ0) is 30.0. The number of thiol groups is 1. The number of fused-ring (bicyclic) bond motifs is 5. The lowest BCUT2D eigenvalue weighted by molar-refractivity contribution is -0.0570. The van der Waals surface area contributed by atoms with Crippen molar-refractivity contribution in [1.29, 1.82) is 0 Å². The lowest BCUT2D eigenvalue weighted by Gasteiger charge is -2.25. The van der Waals surface area contributed by atoms with Crippen LogP contribution in [-0.2, 0) is 36.7 Å². The first-order valence-corrected chi connectivity index (χ1v) is 16.6. The van der Waals surface area contributed by atoms with Gasteiger partial charge in [0.2, 0.25) is 0 Å². The second kappa shape index (κ2) is 11.0. The minimum atomic E-state index is -4.25. The molecule has 20 nitrogen and oxygen atoms in total. The third-order valence-corrected chi connectivity index (χ3v) is 9.68. The van der Waals surface area contributed by atoms with Crippen LogP contribution in [0.5, 0.6) is 0 Å². The maximum Gasteiger partial charge on any atom is 0.386 e. The lowest BCUT2D eigenvalue weighted by Crippen LogP contribution is -2.35. The van der Waals surface area contributed by atoms with Crippen molar-refractivity contribution < 1.29 is 46.9 Å². The van der Waals surface area contributed by atoms with E-state index in [0.29, 0.717) is 0 Å². The highest BCUT2D eigenvalue weighted by Gasteiger charge is 2.52. The van der Waals surface area contributed by atoms with Crippen molar-refractivity contribution in [2.75, 3.05) is 24.7 Å². The average Bonchev–Trinajstić information content (AvgIpc) is 3.73. The van der Waals surface area contributed by atoms with Crippen molar-refractivity contribution in [2.24, 2.45) is 0 Å². The van der Waals surface area contributed by atoms with Crippen LogP contribution in [0.15, 0.2) is 25.3 Å². The van der Waals surface area contributed by atoms with Crippen LogP contribution in [0.1, 0.15) is 12.5 Å². The van der Waals surface area contributed by atoms with E-state index in [4.69, 9.17) is 39.0 Å². The summed E-state index contributed by atoms with van der Waals surface area (Å²) in [6, 6.07) is 0. The summed E-state index contributed by atoms with van der Waals surface area (Å²) >= 11 is 4.07. The fourth-order valence-electron chi connectivity index (χ4n) is 5.18. The van der Waals surface area contributed by atoms with Gasteiger partial charge in [0.05, 0.1) is 25.9 Å². The summed E-state index contributed by atoms with van der Waals surface area (Å²) in [6.07, 6.45) is -5.05. The molecule has 6 N–H and O–H groups in total. The summed E-state index contributed by atoms with van der Waals surface area (Å²) in [7, 11) is -3.36. The van der Waals surface area contributed by atoms with E-state index >= 15 is 0 Å². The fourth-order valence-corrected chi connectivity index (χ4v) is 7.52. The summed E-state index contributed by atoms with van der Waals surface area (Å²) in [5.41, 5.74) is 12.8. The monoisotopic (exact) mass is 658 g/mol. The lowest BCUT2D eigenvalue weighted by atomic mass is 10.1. The molecule has 3 fully saturated rings. The first-order valence-electron chi connectivity index (χ1n) is 12.6. The largest absolute Gasteiger partial charge is 0.387 e. The summed E-state index contributed by atoms with van der Waals surface area (Å²) in [6.45, 7) is -5.20. The van der Waals surface area contributed by atoms with Gasteiger partial charge in [-0.1, -0.05) is 12.2 Å². The van der Waals surface area contributed by atoms with Crippen LogP contribution in [0.3, 0.4) is 0 Å². The molecule has 230 valence electrons. The molecule has 7 heterocycles. The molecule has 2 unspecified atom stereocenters. The number of rotatable bonds is 2. The number of aliphatic hydroxyl groups is 2. The van der Waals surface area contributed by atoms with Gasteiger partial charge in [0.1, 0.15) is 60.3 Å². The molecule has 23 heteroatoms. The molecular weight excluding hydrogens is 634 g/mol. The summed E-state index contributed by atoms with van der Waals surface area (Å²) in [4.78, 5) is 24.5. The summed E-state index contributed by atoms with van der Waals surface area (Å²) in [5.74, 6) is 0.220. The van der Waals surface area contributed by atoms with Gasteiger partial charge < -0.3 is 35.7 Å². The van der Waals surface area contributed by atoms with E-state index in [1.54, 1.807) is 0 Å². The quantitative estimate of drug-likeness (QED) is 0.135. The van der Waals surface area contributed by atoms with Gasteiger partial charge in [-0.05, 0) is 0 Å². The Morgan fingerprint density at radius 2 is 1.47 bits per heavy atom. The average molecular weight is 658 g/mol. The molecule has 10 atom stereocenters. The Hall–Kier alpha value is -2.81. The standard InChI is InChI=1S/C20H24N10O10P2S/c21-15-9-17(25-3-23-15)29(5-27-9)19-12(32)13-8(38-19)1-35-41(33)39-14-11(31)7(2-36-42(34,43)40-13)37-20(14)30-6-28-10-16(22)24-4-26-18(10)30/h3-8,11-14,19-20,31-32,41H,1-2H2,(H,34,43)(H2,21,23,25)(H2,22,24,26)/t7-,8-,11?,12-,13-,14-,19-,20-,42-/m1/s1. The maximum absolute atomic E-state index is 13.3. The first kappa shape index (κ1) is 28.9. The normalized spacial score (nSPS) is 37.1. The predicted molar refractivity (Wildman–Crippen MR) is 147 cm³/mol. The van der Waals surface area contributed by atoms with Gasteiger partial charge in [-0.2, -0.15) is 0 Å². The third-order valence-electron chi connectivity index (χ3n) is 7.20. The van der Waals surface area contributed by atoms with Gasteiger partial charge in [-0.15, -0.1) is 0 Å². The minimum Gasteiger partial charge on any atom is -0.387 e. The SMILES string of the molecule is Nc1ncnc2c1ncn2[C@@H]1O[C@@H]2CO[PH](=O)O[C@@H]3C(O)[C@@H](CO[P@@](=O)(S)O[C@H]2[C@H]1O)O[C@H]3n1cnc2c(N)ncnc21. The molecule has 0 aliphatic carbocycles. The van der Waals surface area contributed by atoms with Crippen LogP contribution < -0.4 is 11.5 Å². The molecule has 0 aromatic carbocycles. The van der Waals surface area contributed by atoms with Crippen molar-refractivity contribution >= 4 is 61.3 Å². The topological polar surface area (TPSA) is 269 Å². The molecule has 0 radical (unpaired) electrons. The smallest absolute Gasteiger partial charge is 0.386 e. The van der Waals surface area contributed by atoms with Crippen LogP contribution in [0.25, 0.3) is 22.3 Å². The Balaban J connectivity index is 1.18. The Labute approximate surface area is 246 Å². The number of nitrogens with two attached hydrogens (primary N) is 2. The van der Waals surface area contributed by atoms with Gasteiger partial charge >= 0.3 is 15.1 Å². The van der Waals surface area contributed by atoms with Crippen molar-refractivity contribution in [1.82, 2.24) is 39.0 Å². The van der Waals surface area contributed by atoms with Gasteiger partial charge in [0, 0.05) is 0 Å². The van der Waals surface area contributed by atoms with Crippen LogP contribution >= 0.6 is 27.3 Å². The zero-order valence-electron chi connectivity index (χ0n) is 21.6. The molecule has 7 rings (SSSR count). The Kier molecular flexibility index (Phi) is 7.38. The Bertz CT molecular complexity index is 1760. The highest BCUT2D eigenvalue weighted by atomic mass is 32.7. The second-order valence-electron chi connectivity index (χ2n) is 9.76. The molecule has 3 aliphatic rings. The fraction of sp³-hybridized carbons (Fsp3) is 0.500. The number of nitrogen functional groups attached to an aromatic ring is 2. The van der Waals surface area contributed by atoms with E-state index in [9.17, 15) is 19.3 Å². The number of hydrogen-bond acceptors (Lipinski definition) is 18. The molecule has 0 spiro atoms. The number of hydrogen-bond donors (Lipinski definition) is 5. The number of nitrogens with zero attached hydrogens (tertiary/aromatic N) is 8. The summed E-state index contributed by atoms with van der Waals surface area (Å²) < 4.78 is 63.4. The van der Waals surface area contributed by atoms with Crippen molar-refractivity contribution in [3.63, 3.8) is 0 Å². The predicted octanol–water partition coefficient (Wildman–Crippen LogP) is -0.408. The van der Waals surface area contributed by atoms with Gasteiger partial charge in [0.25, 0.3) is 0 Å². The van der Waals surface area contributed by atoms with Crippen LogP contribution in [0, 0.1) is 0 Å². The number of ether oxygens (including phenoxy) is 2. The van der Waals surface area contributed by atoms with Gasteiger partial charge in [-0.25, -0.2) is 34.5 Å².